The summed E-state index contributed by atoms with van der Waals surface area (Å²) in [6, 6.07) is 15.1. The van der Waals surface area contributed by atoms with Gasteiger partial charge in [-0.25, -0.2) is 4.68 Å². The molecule has 0 aliphatic heterocycles. The van der Waals surface area contributed by atoms with Crippen molar-refractivity contribution >= 4 is 11.6 Å². The average molecular weight is 291 g/mol. The van der Waals surface area contributed by atoms with Crippen LogP contribution in [0.2, 0.25) is 0 Å². The zero-order chi connectivity index (χ0) is 15.5. The maximum absolute atomic E-state index is 12.5. The number of aryl methyl sites for hydroxylation is 1. The second kappa shape index (κ2) is 5.85. The van der Waals surface area contributed by atoms with Gasteiger partial charge in [0, 0.05) is 23.6 Å². The molecule has 0 aliphatic rings. The van der Waals surface area contributed by atoms with Crippen molar-refractivity contribution in [1.29, 1.82) is 0 Å². The molecule has 0 bridgehead atoms. The summed E-state index contributed by atoms with van der Waals surface area (Å²) in [7, 11) is 0. The van der Waals surface area contributed by atoms with E-state index in [0.29, 0.717) is 5.56 Å². The third-order valence-electron chi connectivity index (χ3n) is 3.73. The quantitative estimate of drug-likeness (QED) is 0.799. The predicted molar refractivity (Wildman–Crippen MR) is 87.4 cm³/mol. The molecule has 3 rings (SSSR count). The van der Waals surface area contributed by atoms with Gasteiger partial charge in [-0.1, -0.05) is 18.2 Å². The molecule has 0 spiro atoms. The zero-order valence-corrected chi connectivity index (χ0v) is 12.6. The molecule has 1 aromatic heterocycles. The zero-order valence-electron chi connectivity index (χ0n) is 12.6. The SMILES string of the molecule is Cc1cccc(NC(=O)c2cccc(-n3cccn3)c2)c1C. The van der Waals surface area contributed by atoms with Crippen LogP contribution in [0.25, 0.3) is 5.69 Å². The first-order valence-electron chi connectivity index (χ1n) is 7.13. The monoisotopic (exact) mass is 291 g/mol. The molecule has 0 aliphatic carbocycles. The lowest BCUT2D eigenvalue weighted by molar-refractivity contribution is 0.102. The lowest BCUT2D eigenvalue weighted by atomic mass is 10.1. The number of carbonyl (C=O) groups is 1. The van der Waals surface area contributed by atoms with E-state index < -0.39 is 0 Å². The fourth-order valence-electron chi connectivity index (χ4n) is 2.29. The van der Waals surface area contributed by atoms with Gasteiger partial charge >= 0.3 is 0 Å². The van der Waals surface area contributed by atoms with Gasteiger partial charge in [0.15, 0.2) is 0 Å². The van der Waals surface area contributed by atoms with Gasteiger partial charge in [0.1, 0.15) is 0 Å². The molecule has 4 heteroatoms. The van der Waals surface area contributed by atoms with Gasteiger partial charge in [0.2, 0.25) is 0 Å². The molecular weight excluding hydrogens is 274 g/mol. The van der Waals surface area contributed by atoms with Crippen LogP contribution in [-0.2, 0) is 0 Å². The molecule has 0 saturated carbocycles. The van der Waals surface area contributed by atoms with E-state index in [1.165, 1.54) is 0 Å². The largest absolute Gasteiger partial charge is 0.322 e. The number of rotatable bonds is 3. The van der Waals surface area contributed by atoms with E-state index in [1.807, 2.05) is 62.5 Å². The summed E-state index contributed by atoms with van der Waals surface area (Å²) in [6.45, 7) is 4.04. The number of nitrogens with zero attached hydrogens (tertiary/aromatic N) is 2. The summed E-state index contributed by atoms with van der Waals surface area (Å²) in [6.07, 6.45) is 3.56. The lowest BCUT2D eigenvalue weighted by Crippen LogP contribution is -2.13. The van der Waals surface area contributed by atoms with Crippen LogP contribution in [0.15, 0.2) is 60.9 Å². The Labute approximate surface area is 129 Å². The van der Waals surface area contributed by atoms with Crippen molar-refractivity contribution in [1.82, 2.24) is 9.78 Å². The molecule has 1 amide bonds. The topological polar surface area (TPSA) is 46.9 Å². The highest BCUT2D eigenvalue weighted by molar-refractivity contribution is 6.05. The molecule has 3 aromatic rings. The van der Waals surface area contributed by atoms with Gasteiger partial charge in [0.05, 0.1) is 5.69 Å². The van der Waals surface area contributed by atoms with Gasteiger partial charge in [-0.2, -0.15) is 5.10 Å². The summed E-state index contributed by atoms with van der Waals surface area (Å²) in [5.41, 5.74) is 4.55. The second-order valence-corrected chi connectivity index (χ2v) is 5.20. The standard InChI is InChI=1S/C18H17N3O/c1-13-6-3-9-17(14(13)2)20-18(22)15-7-4-8-16(12-15)21-11-5-10-19-21/h3-12H,1-2H3,(H,20,22). The summed E-state index contributed by atoms with van der Waals surface area (Å²) in [4.78, 5) is 12.5. The molecule has 2 aromatic carbocycles. The van der Waals surface area contributed by atoms with Gasteiger partial charge in [-0.3, -0.25) is 4.79 Å². The first-order chi connectivity index (χ1) is 10.6. The van der Waals surface area contributed by atoms with Crippen molar-refractivity contribution in [2.45, 2.75) is 13.8 Å². The van der Waals surface area contributed by atoms with Gasteiger partial charge in [-0.05, 0) is 55.3 Å². The minimum atomic E-state index is -0.122. The normalized spacial score (nSPS) is 10.5. The van der Waals surface area contributed by atoms with E-state index in [1.54, 1.807) is 16.9 Å². The fourth-order valence-corrected chi connectivity index (χ4v) is 2.29. The van der Waals surface area contributed by atoms with E-state index in [-0.39, 0.29) is 5.91 Å². The number of aromatic nitrogens is 2. The van der Waals surface area contributed by atoms with Gasteiger partial charge in [0.25, 0.3) is 5.91 Å². The highest BCUT2D eigenvalue weighted by Crippen LogP contribution is 2.19. The molecule has 0 radical (unpaired) electrons. The fraction of sp³-hybridized carbons (Fsp3) is 0.111. The first-order valence-corrected chi connectivity index (χ1v) is 7.13. The number of carbonyl (C=O) groups excluding carboxylic acids is 1. The highest BCUT2D eigenvalue weighted by Gasteiger charge is 2.09. The molecule has 0 fully saturated rings. The molecule has 4 nitrogen and oxygen atoms in total. The van der Waals surface area contributed by atoms with Crippen LogP contribution in [0, 0.1) is 13.8 Å². The van der Waals surface area contributed by atoms with Crippen molar-refractivity contribution in [2.75, 3.05) is 5.32 Å². The molecule has 0 saturated heterocycles. The predicted octanol–water partition coefficient (Wildman–Crippen LogP) is 3.74. The van der Waals surface area contributed by atoms with E-state index in [0.717, 1.165) is 22.5 Å². The summed E-state index contributed by atoms with van der Waals surface area (Å²) in [5.74, 6) is -0.122. The van der Waals surface area contributed by atoms with Crippen LogP contribution in [0.4, 0.5) is 5.69 Å². The number of hydrogen-bond donors (Lipinski definition) is 1. The Morgan fingerprint density at radius 2 is 1.91 bits per heavy atom. The molecule has 110 valence electrons. The van der Waals surface area contributed by atoms with Crippen LogP contribution < -0.4 is 5.32 Å². The summed E-state index contributed by atoms with van der Waals surface area (Å²) >= 11 is 0. The van der Waals surface area contributed by atoms with E-state index >= 15 is 0 Å². The van der Waals surface area contributed by atoms with E-state index in [4.69, 9.17) is 0 Å². The summed E-state index contributed by atoms with van der Waals surface area (Å²) < 4.78 is 1.73. The van der Waals surface area contributed by atoms with Crippen LogP contribution in [-0.4, -0.2) is 15.7 Å². The Morgan fingerprint density at radius 3 is 2.68 bits per heavy atom. The minimum Gasteiger partial charge on any atom is -0.322 e. The number of amides is 1. The van der Waals surface area contributed by atoms with Crippen molar-refractivity contribution < 1.29 is 4.79 Å². The van der Waals surface area contributed by atoms with Crippen molar-refractivity contribution in [3.63, 3.8) is 0 Å². The van der Waals surface area contributed by atoms with E-state index in [2.05, 4.69) is 10.4 Å². The van der Waals surface area contributed by atoms with Crippen LogP contribution in [0.3, 0.4) is 0 Å². The molecule has 0 atom stereocenters. The molecule has 22 heavy (non-hydrogen) atoms. The Morgan fingerprint density at radius 1 is 1.09 bits per heavy atom. The smallest absolute Gasteiger partial charge is 0.255 e. The Balaban J connectivity index is 1.87. The Bertz CT molecular complexity index is 807. The van der Waals surface area contributed by atoms with Crippen molar-refractivity contribution in [2.24, 2.45) is 0 Å². The van der Waals surface area contributed by atoms with Crippen molar-refractivity contribution in [3.05, 3.63) is 77.6 Å². The average Bonchev–Trinajstić information content (AvgIpc) is 3.06. The van der Waals surface area contributed by atoms with Crippen LogP contribution in [0.5, 0.6) is 0 Å². The molecule has 1 N–H and O–H groups in total. The lowest BCUT2D eigenvalue weighted by Gasteiger charge is -2.11. The van der Waals surface area contributed by atoms with Crippen LogP contribution >= 0.6 is 0 Å². The minimum absolute atomic E-state index is 0.122. The molecule has 0 unspecified atom stereocenters. The van der Waals surface area contributed by atoms with Crippen LogP contribution in [0.1, 0.15) is 21.5 Å². The summed E-state index contributed by atoms with van der Waals surface area (Å²) in [5, 5.41) is 7.15. The van der Waals surface area contributed by atoms with Crippen molar-refractivity contribution in [3.8, 4) is 5.69 Å². The van der Waals surface area contributed by atoms with E-state index in [9.17, 15) is 4.79 Å². The Kier molecular flexibility index (Phi) is 3.74. The number of anilines is 1. The number of benzene rings is 2. The van der Waals surface area contributed by atoms with Gasteiger partial charge < -0.3 is 5.32 Å². The first kappa shape index (κ1) is 14.1. The van der Waals surface area contributed by atoms with Gasteiger partial charge in [-0.15, -0.1) is 0 Å². The second-order valence-electron chi connectivity index (χ2n) is 5.20. The number of nitrogens with one attached hydrogen (secondary N) is 1. The third kappa shape index (κ3) is 2.76. The maximum Gasteiger partial charge on any atom is 0.255 e. The molecular formula is C18H17N3O. The highest BCUT2D eigenvalue weighted by atomic mass is 16.1. The number of hydrogen-bond acceptors (Lipinski definition) is 2. The Hall–Kier alpha value is -2.88. The maximum atomic E-state index is 12.5. The third-order valence-corrected chi connectivity index (χ3v) is 3.73. The molecule has 1 heterocycles.